The minimum Gasteiger partial charge on any atom is -0.496 e. The van der Waals surface area contributed by atoms with E-state index in [4.69, 9.17) is 4.74 Å². The van der Waals surface area contributed by atoms with E-state index in [-0.39, 0.29) is 0 Å². The highest BCUT2D eigenvalue weighted by atomic mass is 16.5. The van der Waals surface area contributed by atoms with E-state index in [9.17, 15) is 5.26 Å². The molecule has 2 aromatic carbocycles. The number of hydrogen-bond acceptors (Lipinski definition) is 4. The fraction of sp³-hybridized carbons (Fsp3) is 0.158. The lowest BCUT2D eigenvalue weighted by atomic mass is 10.1. The Morgan fingerprint density at radius 1 is 1.13 bits per heavy atom. The SMILES string of the molecule is COc1ccc(N(C)c2cc(C#N)nc3ccccc23)cc1C. The molecule has 1 aromatic heterocycles. The highest BCUT2D eigenvalue weighted by Gasteiger charge is 2.12. The summed E-state index contributed by atoms with van der Waals surface area (Å²) in [7, 11) is 3.66. The third kappa shape index (κ3) is 2.69. The van der Waals surface area contributed by atoms with Crippen LogP contribution < -0.4 is 9.64 Å². The molecular formula is C19H17N3O. The maximum absolute atomic E-state index is 9.24. The van der Waals surface area contributed by atoms with Crippen LogP contribution in [0, 0.1) is 18.3 Å². The van der Waals surface area contributed by atoms with Crippen molar-refractivity contribution in [2.75, 3.05) is 19.1 Å². The Labute approximate surface area is 135 Å². The molecule has 0 saturated heterocycles. The number of methoxy groups -OCH3 is 1. The zero-order valence-corrected chi connectivity index (χ0v) is 13.4. The second-order valence-corrected chi connectivity index (χ2v) is 5.37. The number of benzene rings is 2. The maximum atomic E-state index is 9.24. The van der Waals surface area contributed by atoms with Crippen molar-refractivity contribution >= 4 is 22.3 Å². The molecule has 0 amide bonds. The highest BCUT2D eigenvalue weighted by Crippen LogP contribution is 2.33. The van der Waals surface area contributed by atoms with Gasteiger partial charge < -0.3 is 9.64 Å². The number of rotatable bonds is 3. The van der Waals surface area contributed by atoms with Gasteiger partial charge in [-0.1, -0.05) is 18.2 Å². The van der Waals surface area contributed by atoms with Crippen molar-refractivity contribution in [3.05, 3.63) is 59.8 Å². The van der Waals surface area contributed by atoms with Gasteiger partial charge >= 0.3 is 0 Å². The molecule has 4 nitrogen and oxygen atoms in total. The van der Waals surface area contributed by atoms with Gasteiger partial charge in [-0.15, -0.1) is 0 Å². The summed E-state index contributed by atoms with van der Waals surface area (Å²) in [6, 6.07) is 17.8. The predicted octanol–water partition coefficient (Wildman–Crippen LogP) is 4.19. The molecule has 0 aliphatic heterocycles. The first-order valence-corrected chi connectivity index (χ1v) is 7.32. The molecule has 3 aromatic rings. The van der Waals surface area contributed by atoms with Crippen LogP contribution >= 0.6 is 0 Å². The number of aromatic nitrogens is 1. The number of pyridine rings is 1. The Kier molecular flexibility index (Phi) is 3.86. The van der Waals surface area contributed by atoms with E-state index in [1.807, 2.05) is 56.4 Å². The van der Waals surface area contributed by atoms with Crippen LogP contribution in [0.1, 0.15) is 11.3 Å². The standard InChI is InChI=1S/C19H17N3O/c1-13-10-15(8-9-19(13)23-3)22(2)18-11-14(12-20)21-17-7-5-4-6-16(17)18/h4-11H,1-3H3. The number of aryl methyl sites for hydroxylation is 1. The van der Waals surface area contributed by atoms with E-state index < -0.39 is 0 Å². The summed E-state index contributed by atoms with van der Waals surface area (Å²) in [5, 5.41) is 10.3. The van der Waals surface area contributed by atoms with Crippen molar-refractivity contribution in [1.82, 2.24) is 4.98 Å². The zero-order valence-electron chi connectivity index (χ0n) is 13.4. The third-order valence-electron chi connectivity index (χ3n) is 3.94. The quantitative estimate of drug-likeness (QED) is 0.728. The zero-order chi connectivity index (χ0) is 16.4. The topological polar surface area (TPSA) is 49.1 Å². The van der Waals surface area contributed by atoms with Crippen LogP contribution in [-0.2, 0) is 0 Å². The summed E-state index contributed by atoms with van der Waals surface area (Å²) in [6.45, 7) is 2.02. The first kappa shape index (κ1) is 14.9. The molecule has 3 rings (SSSR count). The lowest BCUT2D eigenvalue weighted by molar-refractivity contribution is 0.412. The first-order valence-electron chi connectivity index (χ1n) is 7.32. The number of para-hydroxylation sites is 1. The van der Waals surface area contributed by atoms with Crippen LogP contribution in [0.2, 0.25) is 0 Å². The average molecular weight is 303 g/mol. The molecule has 114 valence electrons. The molecule has 0 fully saturated rings. The summed E-state index contributed by atoms with van der Waals surface area (Å²) in [6.07, 6.45) is 0. The molecule has 0 saturated carbocycles. The molecular weight excluding hydrogens is 286 g/mol. The van der Waals surface area contributed by atoms with Crippen molar-refractivity contribution in [3.63, 3.8) is 0 Å². The fourth-order valence-corrected chi connectivity index (χ4v) is 2.70. The van der Waals surface area contributed by atoms with Crippen LogP contribution in [0.25, 0.3) is 10.9 Å². The van der Waals surface area contributed by atoms with Gasteiger partial charge in [0.1, 0.15) is 17.5 Å². The third-order valence-corrected chi connectivity index (χ3v) is 3.94. The van der Waals surface area contributed by atoms with Crippen molar-refractivity contribution in [2.24, 2.45) is 0 Å². The van der Waals surface area contributed by atoms with Crippen LogP contribution in [0.4, 0.5) is 11.4 Å². The molecule has 23 heavy (non-hydrogen) atoms. The Bertz CT molecular complexity index is 912. The van der Waals surface area contributed by atoms with Crippen molar-refractivity contribution in [1.29, 1.82) is 5.26 Å². The molecule has 0 atom stereocenters. The van der Waals surface area contributed by atoms with E-state index in [0.717, 1.165) is 33.6 Å². The first-order chi connectivity index (χ1) is 11.1. The lowest BCUT2D eigenvalue weighted by Crippen LogP contribution is -2.11. The minimum absolute atomic E-state index is 0.413. The molecule has 0 spiro atoms. The molecule has 0 unspecified atom stereocenters. The predicted molar refractivity (Wildman–Crippen MR) is 92.3 cm³/mol. The van der Waals surface area contributed by atoms with Gasteiger partial charge in [0.05, 0.1) is 18.3 Å². The van der Waals surface area contributed by atoms with Gasteiger partial charge in [0, 0.05) is 18.1 Å². The van der Waals surface area contributed by atoms with Gasteiger partial charge in [-0.2, -0.15) is 5.26 Å². The van der Waals surface area contributed by atoms with Gasteiger partial charge in [0.25, 0.3) is 0 Å². The van der Waals surface area contributed by atoms with E-state index in [1.165, 1.54) is 0 Å². The Hall–Kier alpha value is -3.06. The summed E-state index contributed by atoms with van der Waals surface area (Å²) < 4.78 is 5.32. The molecule has 0 aliphatic carbocycles. The van der Waals surface area contributed by atoms with Crippen molar-refractivity contribution in [2.45, 2.75) is 6.92 Å². The van der Waals surface area contributed by atoms with E-state index in [2.05, 4.69) is 22.0 Å². The second kappa shape index (κ2) is 5.98. The van der Waals surface area contributed by atoms with Gasteiger partial charge in [-0.3, -0.25) is 0 Å². The summed E-state index contributed by atoms with van der Waals surface area (Å²) in [5.74, 6) is 0.861. The number of fused-ring (bicyclic) bond motifs is 1. The highest BCUT2D eigenvalue weighted by molar-refractivity contribution is 5.94. The normalized spacial score (nSPS) is 10.3. The Morgan fingerprint density at radius 3 is 2.61 bits per heavy atom. The number of ether oxygens (including phenoxy) is 1. The van der Waals surface area contributed by atoms with Gasteiger partial charge in [0.2, 0.25) is 0 Å². The maximum Gasteiger partial charge on any atom is 0.143 e. The van der Waals surface area contributed by atoms with E-state index in [0.29, 0.717) is 5.69 Å². The summed E-state index contributed by atoms with van der Waals surface area (Å²) in [4.78, 5) is 6.43. The molecule has 0 radical (unpaired) electrons. The number of hydrogen-bond donors (Lipinski definition) is 0. The van der Waals surface area contributed by atoms with Gasteiger partial charge in [0.15, 0.2) is 0 Å². The minimum atomic E-state index is 0.413. The summed E-state index contributed by atoms with van der Waals surface area (Å²) >= 11 is 0. The van der Waals surface area contributed by atoms with Crippen LogP contribution in [0.5, 0.6) is 5.75 Å². The number of nitriles is 1. The number of nitrogens with zero attached hydrogens (tertiary/aromatic N) is 3. The molecule has 1 heterocycles. The molecule has 0 bridgehead atoms. The average Bonchev–Trinajstić information content (AvgIpc) is 2.60. The van der Waals surface area contributed by atoms with Crippen LogP contribution in [-0.4, -0.2) is 19.1 Å². The number of anilines is 2. The molecule has 0 aliphatic rings. The Morgan fingerprint density at radius 2 is 1.91 bits per heavy atom. The fourth-order valence-electron chi connectivity index (χ4n) is 2.70. The largest absolute Gasteiger partial charge is 0.496 e. The lowest BCUT2D eigenvalue weighted by Gasteiger charge is -2.22. The monoisotopic (exact) mass is 303 g/mol. The summed E-state index contributed by atoms with van der Waals surface area (Å²) in [5.41, 5.74) is 4.28. The van der Waals surface area contributed by atoms with Gasteiger partial charge in [-0.05, 0) is 42.8 Å². The van der Waals surface area contributed by atoms with Crippen molar-refractivity contribution < 1.29 is 4.74 Å². The van der Waals surface area contributed by atoms with Gasteiger partial charge in [-0.25, -0.2) is 4.98 Å². The van der Waals surface area contributed by atoms with E-state index >= 15 is 0 Å². The van der Waals surface area contributed by atoms with Crippen LogP contribution in [0.15, 0.2) is 48.5 Å². The van der Waals surface area contributed by atoms with E-state index in [1.54, 1.807) is 7.11 Å². The molecule has 0 N–H and O–H groups in total. The Balaban J connectivity index is 2.15. The second-order valence-electron chi connectivity index (χ2n) is 5.37. The smallest absolute Gasteiger partial charge is 0.143 e. The van der Waals surface area contributed by atoms with Crippen LogP contribution in [0.3, 0.4) is 0 Å². The van der Waals surface area contributed by atoms with Crippen molar-refractivity contribution in [3.8, 4) is 11.8 Å². The molecule has 4 heteroatoms.